The molecule has 1 atom stereocenters. The van der Waals surface area contributed by atoms with Gasteiger partial charge in [0.1, 0.15) is 34.7 Å². The van der Waals surface area contributed by atoms with Crippen molar-refractivity contribution in [1.29, 1.82) is 0 Å². The molecule has 0 aliphatic heterocycles. The van der Waals surface area contributed by atoms with Crippen LogP contribution in [0.2, 0.25) is 0 Å². The first-order valence-corrected chi connectivity index (χ1v) is 10.1. The Balaban J connectivity index is 1.63. The van der Waals surface area contributed by atoms with Gasteiger partial charge in [-0.1, -0.05) is 6.92 Å². The smallest absolute Gasteiger partial charge is 0.264 e. The van der Waals surface area contributed by atoms with Gasteiger partial charge in [-0.3, -0.25) is 14.0 Å². The van der Waals surface area contributed by atoms with Gasteiger partial charge >= 0.3 is 0 Å². The van der Waals surface area contributed by atoms with E-state index in [-0.39, 0.29) is 29.4 Å². The zero-order valence-electron chi connectivity index (χ0n) is 17.4. The van der Waals surface area contributed by atoms with Crippen molar-refractivity contribution >= 4 is 22.7 Å². The predicted octanol–water partition coefficient (Wildman–Crippen LogP) is 1.76. The zero-order valence-corrected chi connectivity index (χ0v) is 17.4. The molecule has 4 aromatic heterocycles. The van der Waals surface area contributed by atoms with Gasteiger partial charge in [0.25, 0.3) is 11.4 Å². The minimum atomic E-state index is -0.315. The van der Waals surface area contributed by atoms with Gasteiger partial charge in [0.05, 0.1) is 12.2 Å². The quantitative estimate of drug-likeness (QED) is 0.469. The summed E-state index contributed by atoms with van der Waals surface area (Å²) in [6, 6.07) is -0.173. The Morgan fingerprint density at radius 1 is 1.32 bits per heavy atom. The van der Waals surface area contributed by atoms with E-state index in [1.807, 2.05) is 6.92 Å². The number of nitrogens with two attached hydrogens (primary N) is 1. The number of hydrogen-bond donors (Lipinski definition) is 2. The van der Waals surface area contributed by atoms with Gasteiger partial charge < -0.3 is 15.5 Å². The second-order valence-corrected chi connectivity index (χ2v) is 7.60. The van der Waals surface area contributed by atoms with Crippen LogP contribution in [0.3, 0.4) is 0 Å². The molecule has 1 saturated carbocycles. The van der Waals surface area contributed by atoms with Crippen LogP contribution in [0.1, 0.15) is 50.0 Å². The molecular formula is C19H22N10O2. The topological polar surface area (TPSA) is 155 Å². The molecule has 3 N–H and O–H groups in total. The first-order valence-electron chi connectivity index (χ1n) is 10.1. The number of nitrogens with zero attached hydrogens (tertiary/aromatic N) is 8. The Hall–Kier alpha value is -3.83. The lowest BCUT2D eigenvalue weighted by molar-refractivity contribution is 0.532. The van der Waals surface area contributed by atoms with Crippen LogP contribution in [0.4, 0.5) is 11.6 Å². The second kappa shape index (κ2) is 7.15. The van der Waals surface area contributed by atoms with Crippen LogP contribution in [0.15, 0.2) is 21.7 Å². The highest BCUT2D eigenvalue weighted by molar-refractivity contribution is 5.78. The van der Waals surface area contributed by atoms with Gasteiger partial charge in [-0.2, -0.15) is 5.10 Å². The molecule has 1 fully saturated rings. The summed E-state index contributed by atoms with van der Waals surface area (Å²) in [5.74, 6) is 1.91. The molecule has 0 unspecified atom stereocenters. The minimum Gasteiger partial charge on any atom is -0.421 e. The standard InChI is InChI=1S/C19H22N10O2/c1-4-12(24-15-13(14(20)21-8-22-15)18-27-26-9(2)31-18)17-25-16-11(7-23-28(16)3)19(30)29(17)10-5-6-10/h7-8,10,12H,4-6H2,1-3H3,(H3,20,21,22,24)/t12-/m0/s1. The number of anilines is 2. The highest BCUT2D eigenvalue weighted by atomic mass is 16.4. The number of hydrogen-bond acceptors (Lipinski definition) is 10. The van der Waals surface area contributed by atoms with Gasteiger partial charge in [-0.25, -0.2) is 15.0 Å². The fourth-order valence-corrected chi connectivity index (χ4v) is 3.67. The maximum absolute atomic E-state index is 13.2. The number of fused-ring (bicyclic) bond motifs is 1. The Morgan fingerprint density at radius 3 is 2.81 bits per heavy atom. The first-order chi connectivity index (χ1) is 15.0. The highest BCUT2D eigenvalue weighted by Gasteiger charge is 2.32. The largest absolute Gasteiger partial charge is 0.421 e. The average Bonchev–Trinajstić information content (AvgIpc) is 3.39. The van der Waals surface area contributed by atoms with E-state index in [2.05, 4.69) is 30.6 Å². The molecule has 1 aliphatic carbocycles. The normalized spacial score (nSPS) is 14.8. The molecule has 1 aliphatic rings. The van der Waals surface area contributed by atoms with Crippen LogP contribution in [-0.2, 0) is 7.05 Å². The van der Waals surface area contributed by atoms with Crippen molar-refractivity contribution in [3.05, 3.63) is 34.6 Å². The third-order valence-electron chi connectivity index (χ3n) is 5.38. The number of aromatic nitrogens is 8. The summed E-state index contributed by atoms with van der Waals surface area (Å²) in [5.41, 5.74) is 7.00. The lowest BCUT2D eigenvalue weighted by atomic mass is 10.1. The Bertz CT molecular complexity index is 1330. The molecular weight excluding hydrogens is 400 g/mol. The summed E-state index contributed by atoms with van der Waals surface area (Å²) >= 11 is 0. The molecule has 12 heteroatoms. The molecule has 0 saturated heterocycles. The number of nitrogens with one attached hydrogen (secondary N) is 1. The van der Waals surface area contributed by atoms with Gasteiger partial charge in [0.2, 0.25) is 5.89 Å². The Labute approximate surface area is 176 Å². The molecule has 4 heterocycles. The van der Waals surface area contributed by atoms with E-state index in [1.54, 1.807) is 29.4 Å². The molecule has 5 rings (SSSR count). The molecule has 160 valence electrons. The maximum atomic E-state index is 13.2. The van der Waals surface area contributed by atoms with Crippen LogP contribution in [0.5, 0.6) is 0 Å². The van der Waals surface area contributed by atoms with Crippen molar-refractivity contribution in [2.24, 2.45) is 7.05 Å². The Morgan fingerprint density at radius 2 is 2.13 bits per heavy atom. The predicted molar refractivity (Wildman–Crippen MR) is 112 cm³/mol. The molecule has 12 nitrogen and oxygen atoms in total. The van der Waals surface area contributed by atoms with Crippen molar-refractivity contribution in [1.82, 2.24) is 39.5 Å². The van der Waals surface area contributed by atoms with Crippen molar-refractivity contribution in [3.63, 3.8) is 0 Å². The van der Waals surface area contributed by atoms with Gasteiger partial charge in [0, 0.05) is 20.0 Å². The third-order valence-corrected chi connectivity index (χ3v) is 5.38. The zero-order chi connectivity index (χ0) is 21.7. The summed E-state index contributed by atoms with van der Waals surface area (Å²) in [4.78, 5) is 26.5. The molecule has 0 spiro atoms. The molecule has 0 aromatic carbocycles. The van der Waals surface area contributed by atoms with E-state index in [9.17, 15) is 4.79 Å². The lowest BCUT2D eigenvalue weighted by Crippen LogP contribution is -2.29. The Kier molecular flexibility index (Phi) is 4.41. The molecule has 0 bridgehead atoms. The van der Waals surface area contributed by atoms with Crippen molar-refractivity contribution in [3.8, 4) is 11.5 Å². The molecule has 31 heavy (non-hydrogen) atoms. The van der Waals surface area contributed by atoms with Gasteiger partial charge in [-0.15, -0.1) is 10.2 Å². The fraction of sp³-hybridized carbons (Fsp3) is 0.421. The van der Waals surface area contributed by atoms with Gasteiger partial charge in [-0.05, 0) is 19.3 Å². The van der Waals surface area contributed by atoms with Crippen LogP contribution in [0, 0.1) is 6.92 Å². The van der Waals surface area contributed by atoms with Crippen molar-refractivity contribution in [2.45, 2.75) is 45.2 Å². The van der Waals surface area contributed by atoms with Crippen LogP contribution >= 0.6 is 0 Å². The summed E-state index contributed by atoms with van der Waals surface area (Å²) < 4.78 is 8.96. The molecule has 0 radical (unpaired) electrons. The summed E-state index contributed by atoms with van der Waals surface area (Å²) in [6.07, 6.45) is 5.48. The van der Waals surface area contributed by atoms with Crippen LogP contribution in [0.25, 0.3) is 22.5 Å². The lowest BCUT2D eigenvalue weighted by Gasteiger charge is -2.22. The molecule has 4 aromatic rings. The van der Waals surface area contributed by atoms with E-state index < -0.39 is 0 Å². The summed E-state index contributed by atoms with van der Waals surface area (Å²) in [7, 11) is 1.77. The summed E-state index contributed by atoms with van der Waals surface area (Å²) in [5, 5.41) is 16.0. The molecule has 0 amide bonds. The number of aryl methyl sites for hydroxylation is 2. The van der Waals surface area contributed by atoms with Crippen LogP contribution < -0.4 is 16.6 Å². The number of nitrogen functional groups attached to an aromatic ring is 1. The average molecular weight is 422 g/mol. The van der Waals surface area contributed by atoms with Crippen molar-refractivity contribution in [2.75, 3.05) is 11.1 Å². The monoisotopic (exact) mass is 422 g/mol. The first kappa shape index (κ1) is 19.2. The SMILES string of the molecule is CC[C@H](Nc1ncnc(N)c1-c1nnc(C)o1)c1nc2c(cnn2C)c(=O)n1C1CC1. The fourth-order valence-electron chi connectivity index (χ4n) is 3.67. The second-order valence-electron chi connectivity index (χ2n) is 7.60. The van der Waals surface area contributed by atoms with Crippen molar-refractivity contribution < 1.29 is 4.42 Å². The summed E-state index contributed by atoms with van der Waals surface area (Å²) in [6.45, 7) is 3.70. The maximum Gasteiger partial charge on any atom is 0.264 e. The van der Waals surface area contributed by atoms with Gasteiger partial charge in [0.15, 0.2) is 5.65 Å². The third kappa shape index (κ3) is 3.20. The van der Waals surface area contributed by atoms with E-state index >= 15 is 0 Å². The highest BCUT2D eigenvalue weighted by Crippen LogP contribution is 2.38. The van der Waals surface area contributed by atoms with E-state index in [0.717, 1.165) is 12.8 Å². The van der Waals surface area contributed by atoms with E-state index in [0.29, 0.717) is 40.6 Å². The minimum absolute atomic E-state index is 0.0780. The van der Waals surface area contributed by atoms with Crippen LogP contribution in [-0.4, -0.2) is 39.5 Å². The van der Waals surface area contributed by atoms with E-state index in [1.165, 1.54) is 6.33 Å². The number of rotatable bonds is 6. The van der Waals surface area contributed by atoms with E-state index in [4.69, 9.17) is 15.1 Å².